The molecule has 0 aromatic carbocycles. The summed E-state index contributed by atoms with van der Waals surface area (Å²) in [6.45, 7) is 6.14. The Bertz CT molecular complexity index is 218. The van der Waals surface area contributed by atoms with Crippen LogP contribution in [0.3, 0.4) is 0 Å². The second-order valence-electron chi connectivity index (χ2n) is 5.73. The number of likely N-dealkylation sites (tertiary alicyclic amines) is 1. The van der Waals surface area contributed by atoms with Crippen LogP contribution in [0.4, 0.5) is 0 Å². The van der Waals surface area contributed by atoms with Gasteiger partial charge in [-0.15, -0.1) is 0 Å². The Morgan fingerprint density at radius 2 is 1.68 bits per heavy atom. The largest absolute Gasteiger partial charge is 0.396 e. The van der Waals surface area contributed by atoms with Crippen molar-refractivity contribution in [2.75, 3.05) is 20.2 Å². The van der Waals surface area contributed by atoms with Gasteiger partial charge in [0, 0.05) is 52.3 Å². The molecule has 3 atom stereocenters. The van der Waals surface area contributed by atoms with Crippen LogP contribution in [0.1, 0.15) is 46.0 Å². The number of hydrogen-bond donors (Lipinski definition) is 2. The molecular formula is C14H29NO2VW. The fourth-order valence-electron chi connectivity index (χ4n) is 2.59. The second-order valence-corrected chi connectivity index (χ2v) is 5.73. The summed E-state index contributed by atoms with van der Waals surface area (Å²) >= 11 is 0. The first-order chi connectivity index (χ1) is 8.06. The van der Waals surface area contributed by atoms with Crippen molar-refractivity contribution in [3.8, 4) is 0 Å². The zero-order chi connectivity index (χ0) is 12.8. The maximum absolute atomic E-state index is 8.87. The van der Waals surface area contributed by atoms with Crippen molar-refractivity contribution < 1.29 is 49.8 Å². The summed E-state index contributed by atoms with van der Waals surface area (Å²) in [6, 6.07) is 0.676. The van der Waals surface area contributed by atoms with Crippen molar-refractivity contribution in [3.05, 3.63) is 0 Å². The van der Waals surface area contributed by atoms with E-state index in [9.17, 15) is 0 Å². The van der Waals surface area contributed by atoms with Crippen LogP contribution in [0.25, 0.3) is 0 Å². The topological polar surface area (TPSA) is 43.7 Å². The standard InChI is InChI=1S/C10H21NO.C4H8O.V.W/c1-8-9(2)11(3)6-4-10(8)5-7-12;5-4-2-1-3-4;;/h8-10,12H,4-7H2,1-3H3;4-5H,1-3H2;;. The molecule has 3 unspecified atom stereocenters. The van der Waals surface area contributed by atoms with Gasteiger partial charge in [0.15, 0.2) is 0 Å². The van der Waals surface area contributed by atoms with Crippen LogP contribution in [0.15, 0.2) is 0 Å². The van der Waals surface area contributed by atoms with E-state index in [1.807, 2.05) is 0 Å². The molecule has 3 nitrogen and oxygen atoms in total. The zero-order valence-corrected chi connectivity index (χ0v) is 16.8. The molecule has 2 fully saturated rings. The smallest absolute Gasteiger partial charge is 0.0540 e. The molecule has 1 aliphatic carbocycles. The summed E-state index contributed by atoms with van der Waals surface area (Å²) in [5.41, 5.74) is 0. The van der Waals surface area contributed by atoms with Crippen molar-refractivity contribution >= 4 is 0 Å². The molecule has 19 heavy (non-hydrogen) atoms. The van der Waals surface area contributed by atoms with E-state index in [1.54, 1.807) is 0 Å². The van der Waals surface area contributed by atoms with E-state index in [4.69, 9.17) is 10.2 Å². The third kappa shape index (κ3) is 7.64. The van der Waals surface area contributed by atoms with Gasteiger partial charge in [-0.05, 0) is 64.5 Å². The molecular weight excluding hydrogens is 449 g/mol. The first-order valence-electron chi connectivity index (χ1n) is 7.05. The van der Waals surface area contributed by atoms with E-state index in [0.29, 0.717) is 12.6 Å². The summed E-state index contributed by atoms with van der Waals surface area (Å²) in [5, 5.41) is 17.3. The quantitative estimate of drug-likeness (QED) is 0.638. The van der Waals surface area contributed by atoms with E-state index in [0.717, 1.165) is 31.1 Å². The molecule has 2 rings (SSSR count). The Kier molecular flexibility index (Phi) is 13.9. The Labute approximate surface area is 144 Å². The van der Waals surface area contributed by atoms with Gasteiger partial charge in [0.05, 0.1) is 6.10 Å². The molecule has 0 amide bonds. The molecule has 1 aliphatic heterocycles. The Morgan fingerprint density at radius 3 is 2.05 bits per heavy atom. The molecule has 1 heterocycles. The van der Waals surface area contributed by atoms with E-state index >= 15 is 0 Å². The average Bonchev–Trinajstić information content (AvgIpc) is 2.28. The number of hydrogen-bond acceptors (Lipinski definition) is 3. The monoisotopic (exact) mass is 478 g/mol. The van der Waals surface area contributed by atoms with Gasteiger partial charge in [0.2, 0.25) is 0 Å². The van der Waals surface area contributed by atoms with E-state index < -0.39 is 0 Å². The van der Waals surface area contributed by atoms with Gasteiger partial charge in [0.1, 0.15) is 0 Å². The molecule has 2 aliphatic rings. The van der Waals surface area contributed by atoms with Crippen molar-refractivity contribution in [1.82, 2.24) is 4.90 Å². The van der Waals surface area contributed by atoms with E-state index in [-0.39, 0.29) is 45.7 Å². The third-order valence-electron chi connectivity index (χ3n) is 4.63. The fourth-order valence-corrected chi connectivity index (χ4v) is 2.59. The van der Waals surface area contributed by atoms with Gasteiger partial charge in [-0.25, -0.2) is 0 Å². The van der Waals surface area contributed by atoms with Gasteiger partial charge in [-0.3, -0.25) is 0 Å². The summed E-state index contributed by atoms with van der Waals surface area (Å²) in [6.07, 6.45) is 5.62. The van der Waals surface area contributed by atoms with Gasteiger partial charge in [-0.1, -0.05) is 6.92 Å². The van der Waals surface area contributed by atoms with Crippen LogP contribution in [0.5, 0.6) is 0 Å². The predicted octanol–water partition coefficient (Wildman–Crippen LogP) is 1.87. The summed E-state index contributed by atoms with van der Waals surface area (Å²) in [5.74, 6) is 1.47. The Morgan fingerprint density at radius 1 is 1.16 bits per heavy atom. The van der Waals surface area contributed by atoms with Crippen molar-refractivity contribution in [2.24, 2.45) is 11.8 Å². The predicted molar refractivity (Wildman–Crippen MR) is 70.9 cm³/mol. The third-order valence-corrected chi connectivity index (χ3v) is 4.63. The molecule has 0 bridgehead atoms. The Hall–Kier alpha value is 1.15. The fraction of sp³-hybridized carbons (Fsp3) is 1.00. The number of piperidine rings is 1. The second kappa shape index (κ2) is 11.8. The molecule has 0 aromatic rings. The molecule has 1 saturated carbocycles. The van der Waals surface area contributed by atoms with Gasteiger partial charge in [-0.2, -0.15) is 0 Å². The number of nitrogens with zero attached hydrogens (tertiary/aromatic N) is 1. The maximum Gasteiger partial charge on any atom is 0.0540 e. The summed E-state index contributed by atoms with van der Waals surface area (Å²) < 4.78 is 0. The van der Waals surface area contributed by atoms with Gasteiger partial charge >= 0.3 is 0 Å². The van der Waals surface area contributed by atoms with Crippen LogP contribution >= 0.6 is 0 Å². The van der Waals surface area contributed by atoms with E-state index in [2.05, 4.69) is 25.8 Å². The molecule has 113 valence electrons. The van der Waals surface area contributed by atoms with Crippen LogP contribution in [-0.2, 0) is 39.6 Å². The van der Waals surface area contributed by atoms with Gasteiger partial charge in [0.25, 0.3) is 0 Å². The summed E-state index contributed by atoms with van der Waals surface area (Å²) in [7, 11) is 2.19. The van der Waals surface area contributed by atoms with Crippen LogP contribution < -0.4 is 0 Å². The number of aliphatic hydroxyl groups excluding tert-OH is 2. The first kappa shape index (κ1) is 22.4. The average molecular weight is 478 g/mol. The van der Waals surface area contributed by atoms with Crippen LogP contribution in [-0.4, -0.2) is 47.5 Å². The number of aliphatic hydroxyl groups is 2. The molecule has 1 saturated heterocycles. The summed E-state index contributed by atoms with van der Waals surface area (Å²) in [4.78, 5) is 2.42. The minimum absolute atomic E-state index is 0. The van der Waals surface area contributed by atoms with Crippen molar-refractivity contribution in [1.29, 1.82) is 0 Å². The molecule has 2 N–H and O–H groups in total. The SMILES string of the molecule is CC1C(CCO)CCN(C)C1C.OC1CCC1.[V].[W]. The normalized spacial score (nSPS) is 31.1. The number of rotatable bonds is 2. The van der Waals surface area contributed by atoms with Crippen LogP contribution in [0.2, 0.25) is 0 Å². The Balaban J connectivity index is 0. The maximum atomic E-state index is 8.87. The van der Waals surface area contributed by atoms with E-state index in [1.165, 1.54) is 19.4 Å². The van der Waals surface area contributed by atoms with Crippen LogP contribution in [0, 0.1) is 11.8 Å². The first-order valence-corrected chi connectivity index (χ1v) is 7.05. The minimum Gasteiger partial charge on any atom is -0.396 e. The zero-order valence-electron chi connectivity index (χ0n) is 12.5. The minimum atomic E-state index is 0. The molecule has 5 heteroatoms. The van der Waals surface area contributed by atoms with Gasteiger partial charge < -0.3 is 15.1 Å². The molecule has 0 spiro atoms. The van der Waals surface area contributed by atoms with Crippen molar-refractivity contribution in [3.63, 3.8) is 0 Å². The molecule has 1 radical (unpaired) electrons. The molecule has 0 aromatic heterocycles. The van der Waals surface area contributed by atoms with Crippen molar-refractivity contribution in [2.45, 2.75) is 58.1 Å².